The SMILES string of the molecule is C[C@H]1CCN1c1nc(N2C[C@@H]3C(CC(=O)N4CCN(C)CC4)[C@@H]3C2)c2c(n1)C(F)(F)CC2. The van der Waals surface area contributed by atoms with Crippen molar-refractivity contribution in [2.24, 2.45) is 17.8 Å². The van der Waals surface area contributed by atoms with Crippen LogP contribution in [0.25, 0.3) is 0 Å². The summed E-state index contributed by atoms with van der Waals surface area (Å²) in [4.78, 5) is 30.4. The molecule has 7 nitrogen and oxygen atoms in total. The van der Waals surface area contributed by atoms with Gasteiger partial charge in [-0.25, -0.2) is 4.98 Å². The van der Waals surface area contributed by atoms with Gasteiger partial charge in [0.25, 0.3) is 5.92 Å². The Kier molecular flexibility index (Phi) is 4.65. The van der Waals surface area contributed by atoms with Gasteiger partial charge in [-0.15, -0.1) is 0 Å². The lowest BCUT2D eigenvalue weighted by Crippen LogP contribution is -2.47. The maximum atomic E-state index is 14.6. The van der Waals surface area contributed by atoms with Gasteiger partial charge >= 0.3 is 0 Å². The molecule has 0 radical (unpaired) electrons. The molecule has 4 atom stereocenters. The van der Waals surface area contributed by atoms with E-state index in [2.05, 4.69) is 28.8 Å². The third-order valence-corrected chi connectivity index (χ3v) is 8.52. The fraction of sp³-hybridized carbons (Fsp3) is 0.783. The van der Waals surface area contributed by atoms with Crippen LogP contribution >= 0.6 is 0 Å². The molecule has 2 aliphatic carbocycles. The summed E-state index contributed by atoms with van der Waals surface area (Å²) in [7, 11) is 2.09. The van der Waals surface area contributed by atoms with E-state index in [0.717, 1.165) is 58.1 Å². The van der Waals surface area contributed by atoms with Crippen molar-refractivity contribution < 1.29 is 13.6 Å². The van der Waals surface area contributed by atoms with Crippen LogP contribution < -0.4 is 9.80 Å². The van der Waals surface area contributed by atoms with Crippen molar-refractivity contribution in [1.82, 2.24) is 19.8 Å². The van der Waals surface area contributed by atoms with Crippen molar-refractivity contribution in [3.63, 3.8) is 0 Å². The maximum Gasteiger partial charge on any atom is 0.290 e. The van der Waals surface area contributed by atoms with E-state index in [9.17, 15) is 13.6 Å². The van der Waals surface area contributed by atoms with Crippen LogP contribution in [0.4, 0.5) is 20.5 Å². The van der Waals surface area contributed by atoms with E-state index in [1.807, 2.05) is 9.80 Å². The van der Waals surface area contributed by atoms with Gasteiger partial charge in [0, 0.05) is 70.3 Å². The van der Waals surface area contributed by atoms with Gasteiger partial charge in [-0.2, -0.15) is 13.8 Å². The van der Waals surface area contributed by atoms with Crippen molar-refractivity contribution in [1.29, 1.82) is 0 Å². The number of hydrogen-bond donors (Lipinski definition) is 0. The summed E-state index contributed by atoms with van der Waals surface area (Å²) in [6.45, 7) is 8.07. The molecule has 1 unspecified atom stereocenters. The highest BCUT2D eigenvalue weighted by Gasteiger charge is 2.57. The number of likely N-dealkylation sites (N-methyl/N-ethyl adjacent to an activating group) is 1. The van der Waals surface area contributed by atoms with Crippen LogP contribution in [0.2, 0.25) is 0 Å². The number of piperazine rings is 1. The number of alkyl halides is 2. The summed E-state index contributed by atoms with van der Waals surface area (Å²) >= 11 is 0. The zero-order chi connectivity index (χ0) is 22.2. The number of halogens is 2. The van der Waals surface area contributed by atoms with E-state index in [1.54, 1.807) is 0 Å². The Morgan fingerprint density at radius 2 is 1.81 bits per heavy atom. The highest BCUT2D eigenvalue weighted by molar-refractivity contribution is 5.77. The summed E-state index contributed by atoms with van der Waals surface area (Å²) in [5.74, 6) is -0.0179. The summed E-state index contributed by atoms with van der Waals surface area (Å²) in [6, 6.07) is 0.299. The molecule has 1 aromatic rings. The number of piperidine rings is 1. The second-order valence-corrected chi connectivity index (χ2v) is 10.5. The second kappa shape index (κ2) is 7.23. The minimum absolute atomic E-state index is 0.0565. The monoisotopic (exact) mass is 446 g/mol. The average molecular weight is 447 g/mol. The Bertz CT molecular complexity index is 921. The van der Waals surface area contributed by atoms with Crippen LogP contribution in [-0.2, 0) is 17.1 Å². The predicted octanol–water partition coefficient (Wildman–Crippen LogP) is 1.96. The van der Waals surface area contributed by atoms with Gasteiger partial charge in [-0.1, -0.05) is 0 Å². The fourth-order valence-electron chi connectivity index (χ4n) is 6.11. The summed E-state index contributed by atoms with van der Waals surface area (Å²) in [5, 5.41) is 0. The molecule has 0 aromatic carbocycles. The van der Waals surface area contributed by atoms with Crippen molar-refractivity contribution in [2.45, 2.75) is 44.6 Å². The first-order valence-electron chi connectivity index (χ1n) is 12.1. The maximum absolute atomic E-state index is 14.6. The quantitative estimate of drug-likeness (QED) is 0.705. The molecule has 32 heavy (non-hydrogen) atoms. The zero-order valence-electron chi connectivity index (χ0n) is 18.9. The van der Waals surface area contributed by atoms with Gasteiger partial charge in [-0.3, -0.25) is 4.79 Å². The molecule has 4 heterocycles. The van der Waals surface area contributed by atoms with E-state index in [-0.39, 0.29) is 18.0 Å². The van der Waals surface area contributed by atoms with E-state index in [4.69, 9.17) is 4.98 Å². The van der Waals surface area contributed by atoms with Crippen LogP contribution in [0.3, 0.4) is 0 Å². The predicted molar refractivity (Wildman–Crippen MR) is 117 cm³/mol. The van der Waals surface area contributed by atoms with Gasteiger partial charge in [-0.05, 0) is 44.6 Å². The van der Waals surface area contributed by atoms with Crippen LogP contribution in [0.15, 0.2) is 0 Å². The molecule has 3 aliphatic heterocycles. The first-order chi connectivity index (χ1) is 15.3. The molecule has 0 N–H and O–H groups in total. The third-order valence-electron chi connectivity index (χ3n) is 8.52. The Morgan fingerprint density at radius 1 is 1.09 bits per heavy atom. The van der Waals surface area contributed by atoms with E-state index in [0.29, 0.717) is 48.1 Å². The molecule has 9 heteroatoms. The molecule has 6 rings (SSSR count). The molecule has 1 aromatic heterocycles. The Labute approximate surface area is 187 Å². The number of carbonyl (C=O) groups excluding carboxylic acids is 1. The Balaban J connectivity index is 1.16. The van der Waals surface area contributed by atoms with Crippen LogP contribution in [0, 0.1) is 17.8 Å². The average Bonchev–Trinajstić information content (AvgIpc) is 3.08. The van der Waals surface area contributed by atoms with Crippen molar-refractivity contribution in [2.75, 3.05) is 62.7 Å². The van der Waals surface area contributed by atoms with Gasteiger partial charge < -0.3 is 19.6 Å². The van der Waals surface area contributed by atoms with Crippen LogP contribution in [0.5, 0.6) is 0 Å². The molecule has 3 saturated heterocycles. The number of hydrogen-bond acceptors (Lipinski definition) is 6. The highest BCUT2D eigenvalue weighted by atomic mass is 19.3. The Morgan fingerprint density at radius 3 is 2.44 bits per heavy atom. The molecule has 1 amide bonds. The van der Waals surface area contributed by atoms with Gasteiger partial charge in [0.1, 0.15) is 11.5 Å². The fourth-order valence-corrected chi connectivity index (χ4v) is 6.11. The summed E-state index contributed by atoms with van der Waals surface area (Å²) in [5.41, 5.74) is 0.581. The van der Waals surface area contributed by atoms with Gasteiger partial charge in [0.2, 0.25) is 11.9 Å². The van der Waals surface area contributed by atoms with E-state index in [1.165, 1.54) is 0 Å². The number of carbonyl (C=O) groups is 1. The number of nitrogens with zero attached hydrogens (tertiary/aromatic N) is 6. The summed E-state index contributed by atoms with van der Waals surface area (Å²) < 4.78 is 29.2. The van der Waals surface area contributed by atoms with Gasteiger partial charge in [0.15, 0.2) is 0 Å². The smallest absolute Gasteiger partial charge is 0.290 e. The molecular formula is C23H32F2N6O. The van der Waals surface area contributed by atoms with E-state index >= 15 is 0 Å². The second-order valence-electron chi connectivity index (χ2n) is 10.5. The van der Waals surface area contributed by atoms with Crippen molar-refractivity contribution in [3.8, 4) is 0 Å². The number of amides is 1. The molecular weight excluding hydrogens is 414 g/mol. The normalized spacial score (nSPS) is 33.2. The minimum atomic E-state index is -2.87. The minimum Gasteiger partial charge on any atom is -0.356 e. The first-order valence-corrected chi connectivity index (χ1v) is 12.1. The standard InChI is InChI=1S/C23H32F2N6O/c1-14-4-6-31(14)22-26-20-15(3-5-23(20,24)25)21(27-22)30-12-17-16(18(17)13-30)11-19(32)29-9-7-28(2)8-10-29/h14,16-18H,3-13H2,1-2H3/t14-,16?,17-,18+/m0/s1. The molecule has 5 aliphatic rings. The number of fused-ring (bicyclic) bond motifs is 2. The zero-order valence-corrected chi connectivity index (χ0v) is 18.9. The van der Waals surface area contributed by atoms with E-state index < -0.39 is 5.92 Å². The molecule has 4 fully saturated rings. The highest BCUT2D eigenvalue weighted by Crippen LogP contribution is 2.55. The van der Waals surface area contributed by atoms with Gasteiger partial charge in [0.05, 0.1) is 0 Å². The van der Waals surface area contributed by atoms with Crippen LogP contribution in [0.1, 0.15) is 37.4 Å². The topological polar surface area (TPSA) is 55.8 Å². The molecule has 0 bridgehead atoms. The first kappa shape index (κ1) is 20.6. The van der Waals surface area contributed by atoms with Crippen LogP contribution in [-0.4, -0.2) is 84.6 Å². The largest absolute Gasteiger partial charge is 0.356 e. The number of rotatable bonds is 4. The lowest BCUT2D eigenvalue weighted by molar-refractivity contribution is -0.133. The number of aromatic nitrogens is 2. The summed E-state index contributed by atoms with van der Waals surface area (Å²) in [6.07, 6.45) is 1.84. The Hall–Kier alpha value is -2.03. The lowest BCUT2D eigenvalue weighted by Gasteiger charge is -2.39. The number of anilines is 2. The molecule has 0 spiro atoms. The molecule has 1 saturated carbocycles. The lowest BCUT2D eigenvalue weighted by atomic mass is 10.1. The van der Waals surface area contributed by atoms with Crippen molar-refractivity contribution in [3.05, 3.63) is 11.3 Å². The third kappa shape index (κ3) is 3.26. The molecule has 174 valence electrons. The van der Waals surface area contributed by atoms with Crippen molar-refractivity contribution >= 4 is 17.7 Å².